The van der Waals surface area contributed by atoms with E-state index in [9.17, 15) is 14.4 Å². The van der Waals surface area contributed by atoms with Gasteiger partial charge in [-0.25, -0.2) is 4.79 Å². The van der Waals surface area contributed by atoms with Gasteiger partial charge < -0.3 is 10.6 Å². The summed E-state index contributed by atoms with van der Waals surface area (Å²) in [6, 6.07) is 9.31. The number of hydrogen-bond acceptors (Lipinski definition) is 4. The Labute approximate surface area is 175 Å². The van der Waals surface area contributed by atoms with Crippen molar-refractivity contribution in [2.75, 3.05) is 13.1 Å². The summed E-state index contributed by atoms with van der Waals surface area (Å²) in [7, 11) is 0. The molecule has 1 spiro atoms. The fraction of sp³-hybridized carbons (Fsp3) is 0.478. The summed E-state index contributed by atoms with van der Waals surface area (Å²) >= 11 is 0. The van der Waals surface area contributed by atoms with Gasteiger partial charge in [-0.15, -0.1) is 0 Å². The van der Waals surface area contributed by atoms with E-state index in [-0.39, 0.29) is 17.8 Å². The lowest BCUT2D eigenvalue weighted by Crippen LogP contribution is -2.44. The van der Waals surface area contributed by atoms with Crippen LogP contribution in [0.25, 0.3) is 10.9 Å². The number of benzene rings is 1. The molecule has 0 bridgehead atoms. The number of imide groups is 1. The summed E-state index contributed by atoms with van der Waals surface area (Å²) in [4.78, 5) is 43.8. The largest absolute Gasteiger partial charge is 0.352 e. The Morgan fingerprint density at radius 1 is 1.20 bits per heavy atom. The lowest BCUT2D eigenvalue weighted by atomic mass is 9.98. The third-order valence-electron chi connectivity index (χ3n) is 6.52. The second-order valence-corrected chi connectivity index (χ2v) is 8.67. The van der Waals surface area contributed by atoms with Gasteiger partial charge in [0.1, 0.15) is 5.54 Å². The molecule has 1 aromatic heterocycles. The Bertz CT molecular complexity index is 1020. The molecule has 0 unspecified atom stereocenters. The summed E-state index contributed by atoms with van der Waals surface area (Å²) in [5, 5.41) is 6.69. The van der Waals surface area contributed by atoms with Crippen molar-refractivity contribution < 1.29 is 14.4 Å². The lowest BCUT2D eigenvalue weighted by Gasteiger charge is -2.20. The molecule has 2 saturated carbocycles. The Hall–Kier alpha value is -2.96. The van der Waals surface area contributed by atoms with Crippen molar-refractivity contribution in [2.45, 2.75) is 56.4 Å². The van der Waals surface area contributed by atoms with E-state index in [1.807, 2.05) is 30.3 Å². The first-order valence-electron chi connectivity index (χ1n) is 10.9. The van der Waals surface area contributed by atoms with E-state index in [0.717, 1.165) is 55.1 Å². The highest BCUT2D eigenvalue weighted by Crippen LogP contribution is 2.40. The SMILES string of the molecule is O=C(NCCCN1C(=O)NC2(CCCC2)C1=O)c1cc(C2CC2)nc2ccccc12. The number of pyridine rings is 1. The van der Waals surface area contributed by atoms with Crippen molar-refractivity contribution in [1.82, 2.24) is 20.5 Å². The molecule has 7 heteroatoms. The van der Waals surface area contributed by atoms with Gasteiger partial charge in [0, 0.05) is 30.1 Å². The van der Waals surface area contributed by atoms with E-state index < -0.39 is 5.54 Å². The Kier molecular flexibility index (Phi) is 4.68. The number of carbonyl (C=O) groups excluding carboxylic acids is 3. The highest BCUT2D eigenvalue weighted by Gasteiger charge is 2.51. The van der Waals surface area contributed by atoms with E-state index in [0.29, 0.717) is 31.0 Å². The van der Waals surface area contributed by atoms with Gasteiger partial charge in [-0.05, 0) is 44.2 Å². The minimum atomic E-state index is -0.671. The predicted octanol–water partition coefficient (Wildman–Crippen LogP) is 3.10. The summed E-state index contributed by atoms with van der Waals surface area (Å²) in [6.45, 7) is 0.718. The Morgan fingerprint density at radius 2 is 1.97 bits per heavy atom. The number of fused-ring (bicyclic) bond motifs is 1. The van der Waals surface area contributed by atoms with Crippen molar-refractivity contribution in [2.24, 2.45) is 0 Å². The number of aromatic nitrogens is 1. The standard InChI is InChI=1S/C23H26N4O3/c28-20(17-14-19(15-8-9-15)25-18-7-2-1-6-16(17)18)24-12-5-13-27-21(29)23(26-22(27)30)10-3-4-11-23/h1-2,6-7,14-15H,3-5,8-13H2,(H,24,28)(H,26,30). The van der Waals surface area contributed by atoms with Gasteiger partial charge in [-0.1, -0.05) is 31.0 Å². The van der Waals surface area contributed by atoms with E-state index >= 15 is 0 Å². The fourth-order valence-corrected chi connectivity index (χ4v) is 4.70. The van der Waals surface area contributed by atoms with Gasteiger partial charge in [0.15, 0.2) is 0 Å². The molecule has 30 heavy (non-hydrogen) atoms. The minimum absolute atomic E-state index is 0.106. The molecule has 4 amide bonds. The number of nitrogens with zero attached hydrogens (tertiary/aromatic N) is 2. The van der Waals surface area contributed by atoms with Crippen LogP contribution in [0.5, 0.6) is 0 Å². The van der Waals surface area contributed by atoms with Crippen molar-refractivity contribution in [3.8, 4) is 0 Å². The average molecular weight is 406 g/mol. The number of rotatable bonds is 6. The molecule has 0 radical (unpaired) electrons. The van der Waals surface area contributed by atoms with Crippen LogP contribution in [-0.4, -0.2) is 46.4 Å². The highest BCUT2D eigenvalue weighted by molar-refractivity contribution is 6.07. The highest BCUT2D eigenvalue weighted by atomic mass is 16.2. The molecule has 0 atom stereocenters. The first kappa shape index (κ1) is 19.0. The number of amides is 4. The van der Waals surface area contributed by atoms with Gasteiger partial charge >= 0.3 is 6.03 Å². The summed E-state index contributed by atoms with van der Waals surface area (Å²) in [5.74, 6) is 0.217. The minimum Gasteiger partial charge on any atom is -0.352 e. The van der Waals surface area contributed by atoms with Crippen LogP contribution in [0.4, 0.5) is 4.79 Å². The van der Waals surface area contributed by atoms with E-state index in [1.54, 1.807) is 0 Å². The lowest BCUT2D eigenvalue weighted by molar-refractivity contribution is -0.131. The molecule has 5 rings (SSSR count). The van der Waals surface area contributed by atoms with Gasteiger partial charge in [-0.2, -0.15) is 0 Å². The second kappa shape index (κ2) is 7.38. The second-order valence-electron chi connectivity index (χ2n) is 8.67. The smallest absolute Gasteiger partial charge is 0.325 e. The van der Waals surface area contributed by atoms with Crippen LogP contribution in [-0.2, 0) is 4.79 Å². The third kappa shape index (κ3) is 3.32. The van der Waals surface area contributed by atoms with Gasteiger partial charge in [0.2, 0.25) is 0 Å². The van der Waals surface area contributed by atoms with Crippen molar-refractivity contribution in [3.05, 3.63) is 41.6 Å². The maximum atomic E-state index is 12.9. The molecule has 3 aliphatic rings. The normalized spacial score (nSPS) is 20.2. The van der Waals surface area contributed by atoms with Crippen molar-refractivity contribution in [3.63, 3.8) is 0 Å². The van der Waals surface area contributed by atoms with Crippen LogP contribution in [0.2, 0.25) is 0 Å². The molecule has 2 heterocycles. The number of nitrogens with one attached hydrogen (secondary N) is 2. The number of para-hydroxylation sites is 1. The molecule has 1 aliphatic heterocycles. The van der Waals surface area contributed by atoms with Crippen LogP contribution in [0, 0.1) is 0 Å². The van der Waals surface area contributed by atoms with Crippen LogP contribution < -0.4 is 10.6 Å². The number of urea groups is 1. The zero-order chi connectivity index (χ0) is 20.7. The van der Waals surface area contributed by atoms with E-state index in [4.69, 9.17) is 4.98 Å². The molecule has 1 aromatic carbocycles. The van der Waals surface area contributed by atoms with Crippen molar-refractivity contribution >= 4 is 28.7 Å². The molecule has 2 N–H and O–H groups in total. The molecule has 3 fully saturated rings. The topological polar surface area (TPSA) is 91.4 Å². The average Bonchev–Trinajstić information content (AvgIpc) is 3.46. The number of hydrogen-bond donors (Lipinski definition) is 2. The van der Waals surface area contributed by atoms with Gasteiger partial charge in [0.25, 0.3) is 11.8 Å². The van der Waals surface area contributed by atoms with E-state index in [1.165, 1.54) is 4.90 Å². The van der Waals surface area contributed by atoms with Crippen LogP contribution in [0.15, 0.2) is 30.3 Å². The zero-order valence-electron chi connectivity index (χ0n) is 16.9. The van der Waals surface area contributed by atoms with Crippen LogP contribution >= 0.6 is 0 Å². The molecule has 2 aliphatic carbocycles. The molecule has 7 nitrogen and oxygen atoms in total. The van der Waals surface area contributed by atoms with Crippen LogP contribution in [0.3, 0.4) is 0 Å². The number of carbonyl (C=O) groups is 3. The Balaban J connectivity index is 1.22. The first-order chi connectivity index (χ1) is 14.6. The molecule has 156 valence electrons. The summed E-state index contributed by atoms with van der Waals surface area (Å²) in [5.41, 5.74) is 1.80. The fourth-order valence-electron chi connectivity index (χ4n) is 4.70. The Morgan fingerprint density at radius 3 is 2.73 bits per heavy atom. The summed E-state index contributed by atoms with van der Waals surface area (Å²) in [6.07, 6.45) is 6.17. The van der Waals surface area contributed by atoms with E-state index in [2.05, 4.69) is 10.6 Å². The molecule has 1 saturated heterocycles. The molecule has 2 aromatic rings. The monoisotopic (exact) mass is 406 g/mol. The molecular formula is C23H26N4O3. The van der Waals surface area contributed by atoms with Crippen molar-refractivity contribution in [1.29, 1.82) is 0 Å². The van der Waals surface area contributed by atoms with Crippen LogP contribution in [0.1, 0.15) is 66.9 Å². The third-order valence-corrected chi connectivity index (χ3v) is 6.52. The predicted molar refractivity (Wildman–Crippen MR) is 112 cm³/mol. The zero-order valence-corrected chi connectivity index (χ0v) is 16.9. The van der Waals surface area contributed by atoms with Gasteiger partial charge in [0.05, 0.1) is 11.1 Å². The first-order valence-corrected chi connectivity index (χ1v) is 10.9. The summed E-state index contributed by atoms with van der Waals surface area (Å²) < 4.78 is 0. The molecular weight excluding hydrogens is 380 g/mol. The maximum Gasteiger partial charge on any atom is 0.325 e. The quantitative estimate of drug-likeness (QED) is 0.570. The van der Waals surface area contributed by atoms with Gasteiger partial charge in [-0.3, -0.25) is 19.5 Å². The maximum absolute atomic E-state index is 12.9.